The van der Waals surface area contributed by atoms with Crippen LogP contribution in [0.25, 0.3) is 11.3 Å². The van der Waals surface area contributed by atoms with Gasteiger partial charge in [0, 0.05) is 20.5 Å². The molecule has 7 heteroatoms. The number of carbonyl (C=O) groups is 1. The number of hydrogen-bond acceptors (Lipinski definition) is 3. The summed E-state index contributed by atoms with van der Waals surface area (Å²) in [7, 11) is 0. The van der Waals surface area contributed by atoms with Gasteiger partial charge in [-0.05, 0) is 36.8 Å². The van der Waals surface area contributed by atoms with Crippen molar-refractivity contribution in [2.75, 3.05) is 5.32 Å². The van der Waals surface area contributed by atoms with Crippen molar-refractivity contribution in [1.29, 1.82) is 0 Å². The minimum absolute atomic E-state index is 0.266. The Hall–Kier alpha value is -1.40. The van der Waals surface area contributed by atoms with Gasteiger partial charge in [0.25, 0.3) is 5.91 Å². The van der Waals surface area contributed by atoms with Crippen LogP contribution in [-0.2, 0) is 6.42 Å². The fourth-order valence-corrected chi connectivity index (χ4v) is 3.77. The van der Waals surface area contributed by atoms with Crippen molar-refractivity contribution in [2.45, 2.75) is 13.3 Å². The molecule has 0 saturated heterocycles. The lowest BCUT2D eigenvalue weighted by molar-refractivity contribution is 0.102. The lowest BCUT2D eigenvalue weighted by atomic mass is 10.1. The number of halogens is 3. The minimum atomic E-state index is -0.266. The largest absolute Gasteiger partial charge is 0.298 e. The number of hydrogen-bond donors (Lipinski definition) is 1. The van der Waals surface area contributed by atoms with Crippen molar-refractivity contribution in [2.24, 2.45) is 0 Å². The number of amides is 1. The summed E-state index contributed by atoms with van der Waals surface area (Å²) in [6.07, 6.45) is 0.839. The molecule has 0 aliphatic carbocycles. The van der Waals surface area contributed by atoms with Gasteiger partial charge < -0.3 is 0 Å². The third-order valence-electron chi connectivity index (χ3n) is 3.54. The molecule has 1 aromatic heterocycles. The number of anilines is 1. The van der Waals surface area contributed by atoms with Crippen molar-refractivity contribution in [3.63, 3.8) is 0 Å². The first-order valence-corrected chi connectivity index (χ1v) is 9.86. The average Bonchev–Trinajstić information content (AvgIpc) is 3.00. The standard InChI is InChI=1S/C18H13BrCl2N2OS/c1-2-15-16(10-3-6-12(19)7-4-10)22-18(25-15)23-17(24)11-5-8-13(20)14(21)9-11/h3-9H,2H2,1H3,(H,22,23,24). The summed E-state index contributed by atoms with van der Waals surface area (Å²) in [6.45, 7) is 2.07. The maximum atomic E-state index is 12.4. The Labute approximate surface area is 168 Å². The monoisotopic (exact) mass is 454 g/mol. The molecule has 0 aliphatic heterocycles. The Morgan fingerprint density at radius 1 is 1.16 bits per heavy atom. The zero-order chi connectivity index (χ0) is 18.0. The summed E-state index contributed by atoms with van der Waals surface area (Å²) in [5.41, 5.74) is 2.35. The van der Waals surface area contributed by atoms with E-state index in [1.165, 1.54) is 11.3 Å². The van der Waals surface area contributed by atoms with Gasteiger partial charge in [0.05, 0.1) is 15.7 Å². The highest BCUT2D eigenvalue weighted by atomic mass is 79.9. The first-order chi connectivity index (χ1) is 12.0. The first kappa shape index (κ1) is 18.4. The highest BCUT2D eigenvalue weighted by Crippen LogP contribution is 2.32. The molecule has 128 valence electrons. The Balaban J connectivity index is 1.86. The second-order valence-corrected chi connectivity index (χ2v) is 8.05. The van der Waals surface area contributed by atoms with Crippen LogP contribution in [0, 0.1) is 0 Å². The van der Waals surface area contributed by atoms with Gasteiger partial charge in [0.1, 0.15) is 0 Å². The number of nitrogens with zero attached hydrogens (tertiary/aromatic N) is 1. The van der Waals surface area contributed by atoms with Crippen LogP contribution in [0.1, 0.15) is 22.2 Å². The quantitative estimate of drug-likeness (QED) is 0.475. The van der Waals surface area contributed by atoms with Crippen molar-refractivity contribution < 1.29 is 4.79 Å². The van der Waals surface area contributed by atoms with Gasteiger partial charge in [-0.15, -0.1) is 11.3 Å². The van der Waals surface area contributed by atoms with Gasteiger partial charge in [-0.1, -0.05) is 58.2 Å². The van der Waals surface area contributed by atoms with Gasteiger partial charge in [-0.25, -0.2) is 4.98 Å². The van der Waals surface area contributed by atoms with Crippen LogP contribution in [0.5, 0.6) is 0 Å². The summed E-state index contributed by atoms with van der Waals surface area (Å²) in [4.78, 5) is 18.1. The summed E-state index contributed by atoms with van der Waals surface area (Å²) in [6, 6.07) is 12.7. The number of carbonyl (C=O) groups excluding carboxylic acids is 1. The molecule has 0 bridgehead atoms. The number of aromatic nitrogens is 1. The minimum Gasteiger partial charge on any atom is -0.298 e. The Morgan fingerprint density at radius 3 is 2.52 bits per heavy atom. The van der Waals surface area contributed by atoms with Gasteiger partial charge >= 0.3 is 0 Å². The lowest BCUT2D eigenvalue weighted by Gasteiger charge is -2.03. The van der Waals surface area contributed by atoms with E-state index in [4.69, 9.17) is 23.2 Å². The smallest absolute Gasteiger partial charge is 0.257 e. The molecular formula is C18H13BrCl2N2OS. The SMILES string of the molecule is CCc1sc(NC(=O)c2ccc(Cl)c(Cl)c2)nc1-c1ccc(Br)cc1. The van der Waals surface area contributed by atoms with Crippen molar-refractivity contribution in [3.05, 3.63) is 67.4 Å². The molecule has 0 aliphatic rings. The zero-order valence-electron chi connectivity index (χ0n) is 13.1. The van der Waals surface area contributed by atoms with Gasteiger partial charge in [0.2, 0.25) is 0 Å². The van der Waals surface area contributed by atoms with Crippen molar-refractivity contribution >= 4 is 61.5 Å². The van der Waals surface area contributed by atoms with Crippen LogP contribution >= 0.6 is 50.5 Å². The second-order valence-electron chi connectivity index (χ2n) is 5.23. The van der Waals surface area contributed by atoms with Gasteiger partial charge in [-0.2, -0.15) is 0 Å². The van der Waals surface area contributed by atoms with E-state index in [9.17, 15) is 4.79 Å². The third kappa shape index (κ3) is 4.23. The van der Waals surface area contributed by atoms with E-state index in [-0.39, 0.29) is 5.91 Å². The van der Waals surface area contributed by atoms with E-state index in [0.717, 1.165) is 27.0 Å². The van der Waals surface area contributed by atoms with Crippen molar-refractivity contribution in [1.82, 2.24) is 4.98 Å². The van der Waals surface area contributed by atoms with Crippen molar-refractivity contribution in [3.8, 4) is 11.3 Å². The topological polar surface area (TPSA) is 42.0 Å². The summed E-state index contributed by atoms with van der Waals surface area (Å²) < 4.78 is 1.01. The fraction of sp³-hybridized carbons (Fsp3) is 0.111. The maximum absolute atomic E-state index is 12.4. The number of rotatable bonds is 4. The summed E-state index contributed by atoms with van der Waals surface area (Å²) in [5.74, 6) is -0.266. The number of aryl methyl sites for hydroxylation is 1. The molecule has 0 saturated carbocycles. The summed E-state index contributed by atoms with van der Waals surface area (Å²) >= 11 is 16.8. The number of benzene rings is 2. The highest BCUT2D eigenvalue weighted by Gasteiger charge is 2.15. The average molecular weight is 456 g/mol. The van der Waals surface area contributed by atoms with E-state index in [0.29, 0.717) is 20.7 Å². The molecule has 25 heavy (non-hydrogen) atoms. The molecule has 3 nitrogen and oxygen atoms in total. The molecule has 0 spiro atoms. The second kappa shape index (κ2) is 7.87. The first-order valence-electron chi connectivity index (χ1n) is 7.50. The van der Waals surface area contributed by atoms with E-state index in [1.54, 1.807) is 18.2 Å². The van der Waals surface area contributed by atoms with E-state index in [1.807, 2.05) is 24.3 Å². The number of thiazole rings is 1. The molecule has 1 N–H and O–H groups in total. The van der Waals surface area contributed by atoms with Crippen LogP contribution in [0.2, 0.25) is 10.0 Å². The zero-order valence-corrected chi connectivity index (χ0v) is 17.1. The van der Waals surface area contributed by atoms with Crippen LogP contribution in [-0.4, -0.2) is 10.9 Å². The van der Waals surface area contributed by atoms with Crippen LogP contribution < -0.4 is 5.32 Å². The van der Waals surface area contributed by atoms with E-state index in [2.05, 4.69) is 33.2 Å². The molecule has 0 radical (unpaired) electrons. The number of nitrogens with one attached hydrogen (secondary N) is 1. The van der Waals surface area contributed by atoms with E-state index >= 15 is 0 Å². The van der Waals surface area contributed by atoms with Gasteiger partial charge in [-0.3, -0.25) is 10.1 Å². The van der Waals surface area contributed by atoms with E-state index < -0.39 is 0 Å². The Bertz CT molecular complexity index is 925. The van der Waals surface area contributed by atoms with Crippen LogP contribution in [0.4, 0.5) is 5.13 Å². The highest BCUT2D eigenvalue weighted by molar-refractivity contribution is 9.10. The Kier molecular flexibility index (Phi) is 5.79. The normalized spacial score (nSPS) is 10.7. The molecule has 0 fully saturated rings. The predicted octanol–water partition coefficient (Wildman–Crippen LogP) is 6.69. The molecular weight excluding hydrogens is 443 g/mol. The molecule has 2 aromatic carbocycles. The maximum Gasteiger partial charge on any atom is 0.257 e. The molecule has 1 amide bonds. The summed E-state index contributed by atoms with van der Waals surface area (Å²) in [5, 5.41) is 4.16. The Morgan fingerprint density at radius 2 is 1.88 bits per heavy atom. The fourth-order valence-electron chi connectivity index (χ4n) is 2.28. The molecule has 0 atom stereocenters. The van der Waals surface area contributed by atoms with Gasteiger partial charge in [0.15, 0.2) is 5.13 Å². The molecule has 1 heterocycles. The van der Waals surface area contributed by atoms with Crippen LogP contribution in [0.15, 0.2) is 46.9 Å². The molecule has 3 aromatic rings. The van der Waals surface area contributed by atoms with Crippen LogP contribution in [0.3, 0.4) is 0 Å². The lowest BCUT2D eigenvalue weighted by Crippen LogP contribution is -2.11. The predicted molar refractivity (Wildman–Crippen MR) is 109 cm³/mol. The molecule has 0 unspecified atom stereocenters. The molecule has 3 rings (SSSR count). The third-order valence-corrected chi connectivity index (χ3v) is 5.92.